The molecule has 0 radical (unpaired) electrons. The number of nitrogens with zero attached hydrogens (tertiary/aromatic N) is 1. The Balaban J connectivity index is 2.57. The molecule has 5 nitrogen and oxygen atoms in total. The first-order valence-corrected chi connectivity index (χ1v) is 6.85. The number of nitrogens with one attached hydrogen (secondary N) is 2. The highest BCUT2D eigenvalue weighted by Crippen LogP contribution is 2.15. The first kappa shape index (κ1) is 15.7. The Kier molecular flexibility index (Phi) is 5.54. The van der Waals surface area contributed by atoms with E-state index in [1.165, 1.54) is 0 Å². The molecule has 0 saturated heterocycles. The molecule has 0 bridgehead atoms. The molecule has 2 N–H and O–H groups in total. The van der Waals surface area contributed by atoms with Crippen LogP contribution < -0.4 is 10.6 Å². The van der Waals surface area contributed by atoms with Crippen LogP contribution in [0, 0.1) is 12.3 Å². The van der Waals surface area contributed by atoms with E-state index >= 15 is 0 Å². The number of carbonyl (C=O) groups is 1. The van der Waals surface area contributed by atoms with Gasteiger partial charge in [-0.3, -0.25) is 4.79 Å². The topological polar surface area (TPSA) is 67.2 Å². The molecular formula is C14H25N3O2. The highest BCUT2D eigenvalue weighted by Gasteiger charge is 2.22. The van der Waals surface area contributed by atoms with Crippen LogP contribution in [0.1, 0.15) is 49.5 Å². The smallest absolute Gasteiger partial charge is 0.273 e. The van der Waals surface area contributed by atoms with Gasteiger partial charge in [0.1, 0.15) is 5.76 Å². The molecule has 0 atom stereocenters. The molecule has 0 saturated carbocycles. The highest BCUT2D eigenvalue weighted by molar-refractivity contribution is 5.93. The third-order valence-electron chi connectivity index (χ3n) is 3.14. The van der Waals surface area contributed by atoms with E-state index in [9.17, 15) is 4.79 Å². The van der Waals surface area contributed by atoms with E-state index in [0.717, 1.165) is 30.8 Å². The van der Waals surface area contributed by atoms with E-state index < -0.39 is 0 Å². The Morgan fingerprint density at radius 1 is 1.32 bits per heavy atom. The molecule has 0 aliphatic heterocycles. The number of carbonyl (C=O) groups excluding carboxylic acids is 1. The third-order valence-corrected chi connectivity index (χ3v) is 3.14. The van der Waals surface area contributed by atoms with Crippen LogP contribution in [-0.4, -0.2) is 30.7 Å². The molecule has 0 aromatic carbocycles. The van der Waals surface area contributed by atoms with Gasteiger partial charge in [0.25, 0.3) is 5.91 Å². The molecule has 0 unspecified atom stereocenters. The van der Waals surface area contributed by atoms with Gasteiger partial charge in [0.15, 0.2) is 5.69 Å². The van der Waals surface area contributed by atoms with Gasteiger partial charge in [-0.2, -0.15) is 0 Å². The maximum atomic E-state index is 12.1. The quantitative estimate of drug-likeness (QED) is 0.792. The van der Waals surface area contributed by atoms with Gasteiger partial charge in [0, 0.05) is 25.1 Å². The molecule has 1 aromatic heterocycles. The van der Waals surface area contributed by atoms with E-state index in [0.29, 0.717) is 12.2 Å². The molecule has 19 heavy (non-hydrogen) atoms. The maximum Gasteiger partial charge on any atom is 0.273 e. The standard InChI is InChI=1S/C14H25N3O2/c1-6-11-10(3)12(17-19-11)13(18)16-9-14(4,5)8-15-7-2/h15H,6-9H2,1-5H3,(H,16,18). The fourth-order valence-corrected chi connectivity index (χ4v) is 1.84. The summed E-state index contributed by atoms with van der Waals surface area (Å²) >= 11 is 0. The molecule has 0 aliphatic carbocycles. The largest absolute Gasteiger partial charge is 0.360 e. The Labute approximate surface area is 115 Å². The second-order valence-electron chi connectivity index (χ2n) is 5.56. The number of hydrogen-bond donors (Lipinski definition) is 2. The average molecular weight is 267 g/mol. The first-order valence-electron chi connectivity index (χ1n) is 6.85. The number of hydrogen-bond acceptors (Lipinski definition) is 4. The minimum absolute atomic E-state index is 0.0108. The SMILES string of the molecule is CCNCC(C)(C)CNC(=O)c1noc(CC)c1C. The lowest BCUT2D eigenvalue weighted by atomic mass is 9.93. The lowest BCUT2D eigenvalue weighted by Crippen LogP contribution is -2.40. The van der Waals surface area contributed by atoms with Crippen molar-refractivity contribution in [2.75, 3.05) is 19.6 Å². The predicted octanol–water partition coefficient (Wildman–Crippen LogP) is 1.91. The number of aryl methyl sites for hydroxylation is 1. The summed E-state index contributed by atoms with van der Waals surface area (Å²) in [4.78, 5) is 12.1. The van der Waals surface area contributed by atoms with Gasteiger partial charge in [-0.05, 0) is 18.9 Å². The van der Waals surface area contributed by atoms with Gasteiger partial charge in [0.2, 0.25) is 0 Å². The van der Waals surface area contributed by atoms with Gasteiger partial charge in [-0.1, -0.05) is 32.9 Å². The van der Waals surface area contributed by atoms with E-state index in [2.05, 4.69) is 36.6 Å². The monoisotopic (exact) mass is 267 g/mol. The molecule has 0 fully saturated rings. The van der Waals surface area contributed by atoms with Crippen LogP contribution in [-0.2, 0) is 6.42 Å². The van der Waals surface area contributed by atoms with E-state index in [1.807, 2.05) is 13.8 Å². The Morgan fingerprint density at radius 2 is 2.00 bits per heavy atom. The summed E-state index contributed by atoms with van der Waals surface area (Å²) in [6.45, 7) is 12.5. The Bertz CT molecular complexity index is 424. The summed E-state index contributed by atoms with van der Waals surface area (Å²) in [7, 11) is 0. The lowest BCUT2D eigenvalue weighted by Gasteiger charge is -2.24. The molecule has 0 aliphatic rings. The summed E-state index contributed by atoms with van der Waals surface area (Å²) in [5, 5.41) is 10.1. The molecule has 1 heterocycles. The molecule has 108 valence electrons. The van der Waals surface area contributed by atoms with Crippen LogP contribution in [0.3, 0.4) is 0 Å². The Hall–Kier alpha value is -1.36. The molecule has 1 amide bonds. The summed E-state index contributed by atoms with van der Waals surface area (Å²) in [5.74, 6) is 0.614. The predicted molar refractivity (Wildman–Crippen MR) is 75.3 cm³/mol. The van der Waals surface area contributed by atoms with Gasteiger partial charge in [0.05, 0.1) is 0 Å². The minimum Gasteiger partial charge on any atom is -0.360 e. The van der Waals surface area contributed by atoms with Crippen molar-refractivity contribution < 1.29 is 9.32 Å². The van der Waals surface area contributed by atoms with Crippen LogP contribution >= 0.6 is 0 Å². The summed E-state index contributed by atoms with van der Waals surface area (Å²) in [6, 6.07) is 0. The zero-order chi connectivity index (χ0) is 14.5. The molecule has 1 aromatic rings. The Morgan fingerprint density at radius 3 is 2.53 bits per heavy atom. The van der Waals surface area contributed by atoms with Crippen LogP contribution in [0.5, 0.6) is 0 Å². The van der Waals surface area contributed by atoms with Gasteiger partial charge in [-0.15, -0.1) is 0 Å². The van der Waals surface area contributed by atoms with Gasteiger partial charge < -0.3 is 15.2 Å². The zero-order valence-corrected chi connectivity index (χ0v) is 12.6. The van der Waals surface area contributed by atoms with Crippen molar-refractivity contribution in [2.24, 2.45) is 5.41 Å². The third kappa shape index (κ3) is 4.35. The minimum atomic E-state index is -0.162. The van der Waals surface area contributed by atoms with Crippen LogP contribution in [0.2, 0.25) is 0 Å². The summed E-state index contributed by atoms with van der Waals surface area (Å²) in [6.07, 6.45) is 0.748. The normalized spacial score (nSPS) is 11.6. The van der Waals surface area contributed by atoms with Gasteiger partial charge >= 0.3 is 0 Å². The fourth-order valence-electron chi connectivity index (χ4n) is 1.84. The van der Waals surface area contributed by atoms with Crippen molar-refractivity contribution in [1.82, 2.24) is 15.8 Å². The number of amides is 1. The number of rotatable bonds is 7. The van der Waals surface area contributed by atoms with Crippen LogP contribution in [0.15, 0.2) is 4.52 Å². The van der Waals surface area contributed by atoms with Crippen molar-refractivity contribution in [1.29, 1.82) is 0 Å². The van der Waals surface area contributed by atoms with Gasteiger partial charge in [-0.25, -0.2) is 0 Å². The van der Waals surface area contributed by atoms with Crippen molar-refractivity contribution >= 4 is 5.91 Å². The molecule has 1 rings (SSSR count). The average Bonchev–Trinajstić information content (AvgIpc) is 2.75. The van der Waals surface area contributed by atoms with Crippen LogP contribution in [0.4, 0.5) is 0 Å². The van der Waals surface area contributed by atoms with Crippen molar-refractivity contribution in [3.63, 3.8) is 0 Å². The van der Waals surface area contributed by atoms with Crippen molar-refractivity contribution in [2.45, 2.75) is 41.0 Å². The lowest BCUT2D eigenvalue weighted by molar-refractivity contribution is 0.0926. The second kappa shape index (κ2) is 6.70. The zero-order valence-electron chi connectivity index (χ0n) is 12.6. The number of aromatic nitrogens is 1. The second-order valence-corrected chi connectivity index (χ2v) is 5.56. The van der Waals surface area contributed by atoms with Crippen molar-refractivity contribution in [3.8, 4) is 0 Å². The fraction of sp³-hybridized carbons (Fsp3) is 0.714. The summed E-state index contributed by atoms with van der Waals surface area (Å²) in [5.41, 5.74) is 1.25. The molecule has 0 spiro atoms. The molecule has 5 heteroatoms. The van der Waals surface area contributed by atoms with E-state index in [-0.39, 0.29) is 11.3 Å². The summed E-state index contributed by atoms with van der Waals surface area (Å²) < 4.78 is 5.14. The van der Waals surface area contributed by atoms with Crippen LogP contribution in [0.25, 0.3) is 0 Å². The highest BCUT2D eigenvalue weighted by atomic mass is 16.5. The molecular weight excluding hydrogens is 242 g/mol. The van der Waals surface area contributed by atoms with Crippen molar-refractivity contribution in [3.05, 3.63) is 17.0 Å². The first-order chi connectivity index (χ1) is 8.91. The maximum absolute atomic E-state index is 12.1. The van der Waals surface area contributed by atoms with E-state index in [1.54, 1.807) is 0 Å². The van der Waals surface area contributed by atoms with E-state index in [4.69, 9.17) is 4.52 Å².